The maximum absolute atomic E-state index is 12.2. The summed E-state index contributed by atoms with van der Waals surface area (Å²) in [5.41, 5.74) is 3.16. The highest BCUT2D eigenvalue weighted by molar-refractivity contribution is 7.09. The van der Waals surface area contributed by atoms with Gasteiger partial charge in [0.2, 0.25) is 5.91 Å². The van der Waals surface area contributed by atoms with E-state index in [0.717, 1.165) is 34.9 Å². The van der Waals surface area contributed by atoms with Crippen LogP contribution in [0.1, 0.15) is 36.8 Å². The van der Waals surface area contributed by atoms with Crippen LogP contribution < -0.4 is 5.32 Å². The molecule has 1 saturated heterocycles. The molecule has 2 aromatic rings. The Balaban J connectivity index is 1.42. The summed E-state index contributed by atoms with van der Waals surface area (Å²) in [5.74, 6) is 0.597. The van der Waals surface area contributed by atoms with Crippen LogP contribution in [-0.4, -0.2) is 42.0 Å². The molecule has 26 heavy (non-hydrogen) atoms. The highest BCUT2D eigenvalue weighted by atomic mass is 32.1. The fourth-order valence-corrected chi connectivity index (χ4v) is 4.09. The van der Waals surface area contributed by atoms with E-state index in [2.05, 4.69) is 39.6 Å². The standard InChI is InChI=1S/C21H29N3OS/c1-16(14-24-10-4-3-5-11-24)13-22-21(25)12-18-6-8-19(9-7-18)20-15-26-17(2)23-20/h6-9,15-16H,3-5,10-14H2,1-2H3,(H,22,25). The van der Waals surface area contributed by atoms with Gasteiger partial charge in [-0.05, 0) is 44.3 Å². The number of carbonyl (C=O) groups excluding carboxylic acids is 1. The van der Waals surface area contributed by atoms with Crippen LogP contribution in [0.15, 0.2) is 29.6 Å². The molecule has 1 N–H and O–H groups in total. The lowest BCUT2D eigenvalue weighted by Crippen LogP contribution is -2.38. The number of benzene rings is 1. The van der Waals surface area contributed by atoms with Crippen molar-refractivity contribution in [1.82, 2.24) is 15.2 Å². The Hall–Kier alpha value is -1.72. The van der Waals surface area contributed by atoms with E-state index in [4.69, 9.17) is 0 Å². The number of hydrogen-bond donors (Lipinski definition) is 1. The second-order valence-electron chi connectivity index (χ2n) is 7.40. The Morgan fingerprint density at radius 3 is 2.62 bits per heavy atom. The van der Waals surface area contributed by atoms with Crippen LogP contribution in [0.2, 0.25) is 0 Å². The van der Waals surface area contributed by atoms with E-state index >= 15 is 0 Å². The summed E-state index contributed by atoms with van der Waals surface area (Å²) in [6.07, 6.45) is 4.43. The summed E-state index contributed by atoms with van der Waals surface area (Å²) < 4.78 is 0. The average Bonchev–Trinajstić information content (AvgIpc) is 3.08. The monoisotopic (exact) mass is 371 g/mol. The zero-order valence-corrected chi connectivity index (χ0v) is 16.6. The number of nitrogens with zero attached hydrogens (tertiary/aromatic N) is 2. The minimum Gasteiger partial charge on any atom is -0.355 e. The minimum absolute atomic E-state index is 0.104. The maximum atomic E-state index is 12.2. The first-order valence-corrected chi connectivity index (χ1v) is 10.5. The number of aromatic nitrogens is 1. The van der Waals surface area contributed by atoms with Gasteiger partial charge >= 0.3 is 0 Å². The van der Waals surface area contributed by atoms with Gasteiger partial charge < -0.3 is 10.2 Å². The van der Waals surface area contributed by atoms with E-state index in [1.807, 2.05) is 19.1 Å². The van der Waals surface area contributed by atoms with Crippen molar-refractivity contribution in [3.05, 3.63) is 40.2 Å². The second-order valence-corrected chi connectivity index (χ2v) is 8.46. The quantitative estimate of drug-likeness (QED) is 0.803. The first kappa shape index (κ1) is 19.1. The Morgan fingerprint density at radius 2 is 1.96 bits per heavy atom. The van der Waals surface area contributed by atoms with E-state index in [-0.39, 0.29) is 5.91 Å². The number of nitrogens with one attached hydrogen (secondary N) is 1. The van der Waals surface area contributed by atoms with E-state index in [0.29, 0.717) is 12.3 Å². The molecular formula is C21H29N3OS. The number of thiazole rings is 1. The summed E-state index contributed by atoms with van der Waals surface area (Å²) in [4.78, 5) is 19.3. The zero-order valence-electron chi connectivity index (χ0n) is 15.8. The summed E-state index contributed by atoms with van der Waals surface area (Å²) in [6, 6.07) is 8.16. The Morgan fingerprint density at radius 1 is 1.23 bits per heavy atom. The zero-order chi connectivity index (χ0) is 18.4. The van der Waals surface area contributed by atoms with E-state index in [9.17, 15) is 4.79 Å². The molecule has 2 heterocycles. The van der Waals surface area contributed by atoms with E-state index < -0.39 is 0 Å². The lowest BCUT2D eigenvalue weighted by atomic mass is 10.1. The van der Waals surface area contributed by atoms with Gasteiger partial charge in [0, 0.05) is 24.0 Å². The fraction of sp³-hybridized carbons (Fsp3) is 0.524. The highest BCUT2D eigenvalue weighted by Gasteiger charge is 2.14. The summed E-state index contributed by atoms with van der Waals surface area (Å²) >= 11 is 1.66. The van der Waals surface area contributed by atoms with Gasteiger partial charge in [0.1, 0.15) is 0 Å². The molecule has 3 rings (SSSR count). The molecule has 0 spiro atoms. The van der Waals surface area contributed by atoms with Crippen LogP contribution in [0.5, 0.6) is 0 Å². The Bertz CT molecular complexity index is 704. The number of amides is 1. The normalized spacial score (nSPS) is 16.4. The van der Waals surface area contributed by atoms with Crippen molar-refractivity contribution in [3.8, 4) is 11.3 Å². The fourth-order valence-electron chi connectivity index (χ4n) is 3.47. The molecule has 5 heteroatoms. The van der Waals surface area contributed by atoms with Crippen LogP contribution in [-0.2, 0) is 11.2 Å². The first-order valence-electron chi connectivity index (χ1n) is 9.60. The van der Waals surface area contributed by atoms with Crippen LogP contribution in [0, 0.1) is 12.8 Å². The lowest BCUT2D eigenvalue weighted by Gasteiger charge is -2.29. The van der Waals surface area contributed by atoms with E-state index in [1.54, 1.807) is 11.3 Å². The molecule has 1 aromatic heterocycles. The molecule has 140 valence electrons. The number of likely N-dealkylation sites (tertiary alicyclic amines) is 1. The molecule has 0 aliphatic carbocycles. The van der Waals surface area contributed by atoms with Crippen molar-refractivity contribution in [2.75, 3.05) is 26.2 Å². The van der Waals surface area contributed by atoms with E-state index in [1.165, 1.54) is 32.4 Å². The highest BCUT2D eigenvalue weighted by Crippen LogP contribution is 2.21. The Kier molecular flexibility index (Phi) is 6.80. The van der Waals surface area contributed by atoms with Crippen molar-refractivity contribution in [2.24, 2.45) is 5.92 Å². The Labute approximate surface area is 160 Å². The second kappa shape index (κ2) is 9.28. The SMILES string of the molecule is Cc1nc(-c2ccc(CC(=O)NCC(C)CN3CCCCC3)cc2)cs1. The van der Waals surface area contributed by atoms with Crippen molar-refractivity contribution < 1.29 is 4.79 Å². The predicted octanol–water partition coefficient (Wildman–Crippen LogP) is 3.90. The topological polar surface area (TPSA) is 45.2 Å². The number of rotatable bonds is 7. The van der Waals surface area contributed by atoms with Gasteiger partial charge in [0.25, 0.3) is 0 Å². The molecule has 1 aliphatic rings. The van der Waals surface area contributed by atoms with Gasteiger partial charge in [0.05, 0.1) is 17.1 Å². The molecule has 1 aliphatic heterocycles. The number of hydrogen-bond acceptors (Lipinski definition) is 4. The van der Waals surface area contributed by atoms with Gasteiger partial charge in [-0.1, -0.05) is 37.6 Å². The largest absolute Gasteiger partial charge is 0.355 e. The molecule has 0 radical (unpaired) electrons. The maximum Gasteiger partial charge on any atom is 0.224 e. The summed E-state index contributed by atoms with van der Waals surface area (Å²) in [6.45, 7) is 8.50. The molecule has 1 aromatic carbocycles. The molecule has 0 saturated carbocycles. The molecule has 1 fully saturated rings. The van der Waals surface area contributed by atoms with Crippen molar-refractivity contribution in [3.63, 3.8) is 0 Å². The third-order valence-electron chi connectivity index (χ3n) is 4.90. The van der Waals surface area contributed by atoms with Crippen molar-refractivity contribution in [1.29, 1.82) is 0 Å². The van der Waals surface area contributed by atoms with Crippen LogP contribution >= 0.6 is 11.3 Å². The van der Waals surface area contributed by atoms with Gasteiger partial charge in [-0.3, -0.25) is 4.79 Å². The molecular weight excluding hydrogens is 342 g/mol. The van der Waals surface area contributed by atoms with Crippen LogP contribution in [0.3, 0.4) is 0 Å². The molecule has 1 amide bonds. The molecule has 0 bridgehead atoms. The first-order chi connectivity index (χ1) is 12.6. The predicted molar refractivity (Wildman–Crippen MR) is 108 cm³/mol. The van der Waals surface area contributed by atoms with Gasteiger partial charge in [-0.15, -0.1) is 11.3 Å². The third-order valence-corrected chi connectivity index (χ3v) is 5.67. The van der Waals surface area contributed by atoms with Crippen molar-refractivity contribution >= 4 is 17.2 Å². The number of carbonyl (C=O) groups is 1. The lowest BCUT2D eigenvalue weighted by molar-refractivity contribution is -0.120. The summed E-state index contributed by atoms with van der Waals surface area (Å²) in [5, 5.41) is 6.24. The van der Waals surface area contributed by atoms with Crippen LogP contribution in [0.4, 0.5) is 0 Å². The molecule has 1 unspecified atom stereocenters. The average molecular weight is 372 g/mol. The minimum atomic E-state index is 0.104. The van der Waals surface area contributed by atoms with Gasteiger partial charge in [-0.25, -0.2) is 4.98 Å². The summed E-state index contributed by atoms with van der Waals surface area (Å²) in [7, 11) is 0. The third kappa shape index (κ3) is 5.64. The van der Waals surface area contributed by atoms with Gasteiger partial charge in [-0.2, -0.15) is 0 Å². The molecule has 1 atom stereocenters. The smallest absolute Gasteiger partial charge is 0.224 e. The molecule has 4 nitrogen and oxygen atoms in total. The number of aryl methyl sites for hydroxylation is 1. The van der Waals surface area contributed by atoms with Crippen LogP contribution in [0.25, 0.3) is 11.3 Å². The number of piperidine rings is 1. The van der Waals surface area contributed by atoms with Crippen molar-refractivity contribution in [2.45, 2.75) is 39.5 Å². The van der Waals surface area contributed by atoms with Gasteiger partial charge in [0.15, 0.2) is 0 Å².